The Labute approximate surface area is 164 Å². The second-order valence-electron chi connectivity index (χ2n) is 7.27. The average Bonchev–Trinajstić information content (AvgIpc) is 3.07. The first-order valence-corrected chi connectivity index (χ1v) is 9.40. The Kier molecular flexibility index (Phi) is 6.02. The lowest BCUT2D eigenvalue weighted by atomic mass is 9.81. The summed E-state index contributed by atoms with van der Waals surface area (Å²) in [7, 11) is 0. The van der Waals surface area contributed by atoms with Gasteiger partial charge in [0.15, 0.2) is 0 Å². The van der Waals surface area contributed by atoms with Crippen LogP contribution in [-0.2, 0) is 4.79 Å². The molecule has 0 aromatic heterocycles. The minimum absolute atomic E-state index is 0.0191. The molecule has 1 saturated heterocycles. The molecule has 1 heterocycles. The number of hydrogen-bond donors (Lipinski definition) is 3. The van der Waals surface area contributed by atoms with Gasteiger partial charge in [0.05, 0.1) is 6.04 Å². The van der Waals surface area contributed by atoms with E-state index in [0.29, 0.717) is 0 Å². The summed E-state index contributed by atoms with van der Waals surface area (Å²) >= 11 is 5.66. The van der Waals surface area contributed by atoms with Crippen LogP contribution in [0.3, 0.4) is 0 Å². The van der Waals surface area contributed by atoms with Crippen molar-refractivity contribution in [3.63, 3.8) is 0 Å². The Hall–Kier alpha value is -2.03. The standard InChI is InChI=1S/C18H20ClF4N3O2/c19-14-11(20)2-1-10(15(14)21)12(7-9-3-5-18(22,23)6-4-9)25-16(27)13-8-24-17(28)26-13/h1-2,9,12-13H,3-8H2,(H,25,27)(H2,24,26,28). The minimum atomic E-state index is -2.71. The first-order valence-electron chi connectivity index (χ1n) is 9.02. The topological polar surface area (TPSA) is 70.2 Å². The molecule has 2 unspecified atom stereocenters. The quantitative estimate of drug-likeness (QED) is 0.501. The van der Waals surface area contributed by atoms with Crippen LogP contribution in [0.15, 0.2) is 12.1 Å². The molecule has 0 radical (unpaired) electrons. The number of alkyl halides is 2. The normalized spacial score (nSPS) is 23.0. The molecule has 1 aliphatic heterocycles. The van der Waals surface area contributed by atoms with E-state index >= 15 is 0 Å². The number of rotatable bonds is 5. The molecular weight excluding hydrogens is 402 g/mol. The van der Waals surface area contributed by atoms with E-state index in [1.165, 1.54) is 6.07 Å². The third-order valence-corrected chi connectivity index (χ3v) is 5.60. The van der Waals surface area contributed by atoms with Gasteiger partial charge in [-0.1, -0.05) is 17.7 Å². The maximum absolute atomic E-state index is 14.6. The highest BCUT2D eigenvalue weighted by molar-refractivity contribution is 6.31. The monoisotopic (exact) mass is 421 g/mol. The maximum atomic E-state index is 14.6. The molecule has 2 atom stereocenters. The van der Waals surface area contributed by atoms with E-state index in [1.807, 2.05) is 0 Å². The number of nitrogens with one attached hydrogen (secondary N) is 3. The summed E-state index contributed by atoms with van der Waals surface area (Å²) < 4.78 is 54.9. The van der Waals surface area contributed by atoms with Gasteiger partial charge in [-0.05, 0) is 31.2 Å². The van der Waals surface area contributed by atoms with Gasteiger partial charge in [0, 0.05) is 24.9 Å². The summed E-state index contributed by atoms with van der Waals surface area (Å²) in [5.41, 5.74) is -0.0191. The van der Waals surface area contributed by atoms with Crippen molar-refractivity contribution >= 4 is 23.5 Å². The smallest absolute Gasteiger partial charge is 0.315 e. The van der Waals surface area contributed by atoms with Gasteiger partial charge in [-0.2, -0.15) is 0 Å². The molecule has 10 heteroatoms. The lowest BCUT2D eigenvalue weighted by Gasteiger charge is -2.31. The zero-order chi connectivity index (χ0) is 20.5. The van der Waals surface area contributed by atoms with Crippen LogP contribution in [0, 0.1) is 17.6 Å². The van der Waals surface area contributed by atoms with E-state index in [9.17, 15) is 27.2 Å². The number of hydrogen-bond acceptors (Lipinski definition) is 2. The van der Waals surface area contributed by atoms with Crippen molar-refractivity contribution in [2.45, 2.75) is 50.1 Å². The molecule has 0 spiro atoms. The van der Waals surface area contributed by atoms with Crippen LogP contribution >= 0.6 is 11.6 Å². The van der Waals surface area contributed by atoms with Crippen LogP contribution in [0.2, 0.25) is 5.02 Å². The molecule has 3 rings (SSSR count). The Bertz CT molecular complexity index is 767. The molecule has 3 amide bonds. The van der Waals surface area contributed by atoms with Crippen LogP contribution in [0.25, 0.3) is 0 Å². The fourth-order valence-electron chi connectivity index (χ4n) is 3.63. The van der Waals surface area contributed by atoms with E-state index < -0.39 is 46.6 Å². The Morgan fingerprint density at radius 2 is 1.96 bits per heavy atom. The molecule has 1 saturated carbocycles. The number of urea groups is 1. The van der Waals surface area contributed by atoms with Crippen molar-refractivity contribution < 1.29 is 27.2 Å². The van der Waals surface area contributed by atoms with Gasteiger partial charge in [-0.25, -0.2) is 22.4 Å². The van der Waals surface area contributed by atoms with E-state index in [-0.39, 0.29) is 50.1 Å². The highest BCUT2D eigenvalue weighted by Crippen LogP contribution is 2.40. The average molecular weight is 422 g/mol. The maximum Gasteiger partial charge on any atom is 0.315 e. The fourth-order valence-corrected chi connectivity index (χ4v) is 3.80. The first-order chi connectivity index (χ1) is 13.2. The predicted octanol–water partition coefficient (Wildman–Crippen LogP) is 3.67. The van der Waals surface area contributed by atoms with Gasteiger partial charge in [0.1, 0.15) is 22.7 Å². The summed E-state index contributed by atoms with van der Waals surface area (Å²) in [6.45, 7) is 0.0691. The largest absolute Gasteiger partial charge is 0.347 e. The third kappa shape index (κ3) is 4.68. The molecule has 1 aliphatic carbocycles. The molecule has 3 N–H and O–H groups in total. The number of benzene rings is 1. The van der Waals surface area contributed by atoms with Crippen molar-refractivity contribution in [3.05, 3.63) is 34.4 Å². The number of carbonyl (C=O) groups is 2. The lowest BCUT2D eigenvalue weighted by molar-refractivity contribution is -0.123. The van der Waals surface area contributed by atoms with Crippen molar-refractivity contribution in [1.29, 1.82) is 0 Å². The zero-order valence-corrected chi connectivity index (χ0v) is 15.6. The highest BCUT2D eigenvalue weighted by Gasteiger charge is 2.37. The van der Waals surface area contributed by atoms with Gasteiger partial charge >= 0.3 is 6.03 Å². The van der Waals surface area contributed by atoms with Gasteiger partial charge in [-0.3, -0.25) is 4.79 Å². The van der Waals surface area contributed by atoms with Crippen LogP contribution in [-0.4, -0.2) is 30.4 Å². The molecule has 2 fully saturated rings. The van der Waals surface area contributed by atoms with E-state index in [2.05, 4.69) is 16.0 Å². The third-order valence-electron chi connectivity index (χ3n) is 5.25. The SMILES string of the molecule is O=C1NCC(C(=O)NC(CC2CCC(F)(F)CC2)c2ccc(F)c(Cl)c2F)N1. The van der Waals surface area contributed by atoms with Crippen LogP contribution in [0.1, 0.15) is 43.7 Å². The molecule has 28 heavy (non-hydrogen) atoms. The zero-order valence-electron chi connectivity index (χ0n) is 14.8. The van der Waals surface area contributed by atoms with Crippen molar-refractivity contribution in [2.75, 3.05) is 6.54 Å². The van der Waals surface area contributed by atoms with Crippen LogP contribution in [0.4, 0.5) is 22.4 Å². The second kappa shape index (κ2) is 8.14. The Morgan fingerprint density at radius 1 is 1.29 bits per heavy atom. The second-order valence-corrected chi connectivity index (χ2v) is 7.65. The van der Waals surface area contributed by atoms with Gasteiger partial charge < -0.3 is 16.0 Å². The number of carbonyl (C=O) groups excluding carboxylic acids is 2. The number of halogens is 5. The van der Waals surface area contributed by atoms with Crippen LogP contribution < -0.4 is 16.0 Å². The van der Waals surface area contributed by atoms with Crippen molar-refractivity contribution in [3.8, 4) is 0 Å². The van der Waals surface area contributed by atoms with Gasteiger partial charge in [0.25, 0.3) is 0 Å². The van der Waals surface area contributed by atoms with E-state index in [1.54, 1.807) is 0 Å². The predicted molar refractivity (Wildman–Crippen MR) is 94.1 cm³/mol. The molecule has 5 nitrogen and oxygen atoms in total. The van der Waals surface area contributed by atoms with Gasteiger partial charge in [0.2, 0.25) is 11.8 Å². The summed E-state index contributed by atoms with van der Waals surface area (Å²) in [6.07, 6.45) is 0.130. The molecule has 154 valence electrons. The molecular formula is C18H20ClF4N3O2. The van der Waals surface area contributed by atoms with Crippen molar-refractivity contribution in [2.24, 2.45) is 5.92 Å². The van der Waals surface area contributed by atoms with Gasteiger partial charge in [-0.15, -0.1) is 0 Å². The summed E-state index contributed by atoms with van der Waals surface area (Å²) in [5, 5.41) is 6.82. The Balaban J connectivity index is 1.79. The first kappa shape index (κ1) is 20.7. The minimum Gasteiger partial charge on any atom is -0.347 e. The van der Waals surface area contributed by atoms with E-state index in [4.69, 9.17) is 11.6 Å². The highest BCUT2D eigenvalue weighted by atomic mass is 35.5. The summed E-state index contributed by atoms with van der Waals surface area (Å²) in [4.78, 5) is 23.7. The summed E-state index contributed by atoms with van der Waals surface area (Å²) in [5.74, 6) is -5.35. The molecule has 1 aromatic rings. The molecule has 1 aromatic carbocycles. The number of amides is 3. The van der Waals surface area contributed by atoms with Crippen molar-refractivity contribution in [1.82, 2.24) is 16.0 Å². The Morgan fingerprint density at radius 3 is 2.57 bits per heavy atom. The van der Waals surface area contributed by atoms with E-state index in [0.717, 1.165) is 6.07 Å². The van der Waals surface area contributed by atoms with Crippen LogP contribution in [0.5, 0.6) is 0 Å². The summed E-state index contributed by atoms with van der Waals surface area (Å²) in [6, 6.07) is -0.0511. The molecule has 2 aliphatic rings. The lowest BCUT2D eigenvalue weighted by Crippen LogP contribution is -2.45. The fraction of sp³-hybridized carbons (Fsp3) is 0.556. The molecule has 0 bridgehead atoms.